The predicted molar refractivity (Wildman–Crippen MR) is 116 cm³/mol. The van der Waals surface area contributed by atoms with Crippen molar-refractivity contribution in [2.45, 2.75) is 74.0 Å². The molecule has 0 unspecified atom stereocenters. The summed E-state index contributed by atoms with van der Waals surface area (Å²) in [7, 11) is -3.59. The highest BCUT2D eigenvalue weighted by atomic mass is 32.2. The Morgan fingerprint density at radius 1 is 1.10 bits per heavy atom. The lowest BCUT2D eigenvalue weighted by Gasteiger charge is -2.30. The van der Waals surface area contributed by atoms with Gasteiger partial charge in [0.05, 0.1) is 0 Å². The maximum Gasteiger partial charge on any atom is 0.252 e. The van der Waals surface area contributed by atoms with Crippen molar-refractivity contribution in [2.75, 3.05) is 13.1 Å². The van der Waals surface area contributed by atoms with Crippen molar-refractivity contribution in [3.8, 4) is 11.4 Å². The molecule has 8 nitrogen and oxygen atoms in total. The Kier molecular flexibility index (Phi) is 5.87. The van der Waals surface area contributed by atoms with Gasteiger partial charge in [-0.2, -0.15) is 9.29 Å². The number of rotatable bonds is 6. The Balaban J connectivity index is 1.21. The van der Waals surface area contributed by atoms with Crippen LogP contribution in [0.25, 0.3) is 11.4 Å². The van der Waals surface area contributed by atoms with Gasteiger partial charge in [-0.3, -0.25) is 4.79 Å². The number of hydrogen-bond donors (Lipinski definition) is 1. The van der Waals surface area contributed by atoms with E-state index in [0.29, 0.717) is 55.2 Å². The fourth-order valence-electron chi connectivity index (χ4n) is 4.62. The average molecular weight is 465 g/mol. The molecule has 2 aromatic heterocycles. The van der Waals surface area contributed by atoms with Gasteiger partial charge in [0.2, 0.25) is 17.6 Å². The van der Waals surface area contributed by atoms with Gasteiger partial charge in [0.25, 0.3) is 10.0 Å². The van der Waals surface area contributed by atoms with Crippen LogP contribution in [0, 0.1) is 5.92 Å². The minimum absolute atomic E-state index is 0.0849. The summed E-state index contributed by atoms with van der Waals surface area (Å²) < 4.78 is 33.4. The van der Waals surface area contributed by atoms with Gasteiger partial charge in [-0.05, 0) is 44.6 Å². The van der Waals surface area contributed by atoms with E-state index in [4.69, 9.17) is 4.52 Å². The number of aromatic nitrogens is 2. The molecule has 168 valence electrons. The second-order valence-corrected chi connectivity index (χ2v) is 12.0. The van der Waals surface area contributed by atoms with Crippen molar-refractivity contribution in [3.05, 3.63) is 17.3 Å². The van der Waals surface area contributed by atoms with E-state index in [9.17, 15) is 13.2 Å². The molecule has 1 amide bonds. The Morgan fingerprint density at radius 2 is 1.84 bits per heavy atom. The molecule has 0 bridgehead atoms. The van der Waals surface area contributed by atoms with E-state index in [0.717, 1.165) is 25.7 Å². The first kappa shape index (κ1) is 21.1. The quantitative estimate of drug-likeness (QED) is 0.701. The number of carbonyl (C=O) groups excluding carboxylic acids is 1. The second-order valence-electron chi connectivity index (χ2n) is 8.91. The summed E-state index contributed by atoms with van der Waals surface area (Å²) in [5.41, 5.74) is 0.670. The first-order chi connectivity index (χ1) is 15.0. The van der Waals surface area contributed by atoms with Gasteiger partial charge in [-0.15, -0.1) is 11.3 Å². The minimum atomic E-state index is -3.59. The van der Waals surface area contributed by atoms with Gasteiger partial charge in [0, 0.05) is 41.9 Å². The molecule has 0 spiro atoms. The van der Waals surface area contributed by atoms with Crippen LogP contribution in [0.5, 0.6) is 0 Å². The highest BCUT2D eigenvalue weighted by Gasteiger charge is 2.34. The number of carbonyl (C=O) groups is 1. The monoisotopic (exact) mass is 464 g/mol. The SMILES string of the molecule is O=C(NC1CCCC1)C1CCN(S(=O)(=O)c2cc(-c3noc(C4CCC4)n3)cs2)CC1. The Labute approximate surface area is 186 Å². The van der Waals surface area contributed by atoms with E-state index < -0.39 is 10.0 Å². The van der Waals surface area contributed by atoms with Crippen molar-refractivity contribution < 1.29 is 17.7 Å². The fourth-order valence-corrected chi connectivity index (χ4v) is 7.40. The zero-order valence-electron chi connectivity index (χ0n) is 17.5. The second kappa shape index (κ2) is 8.63. The van der Waals surface area contributed by atoms with Crippen LogP contribution in [-0.2, 0) is 14.8 Å². The standard InChI is InChI=1S/C21H28N4O4S2/c26-20(22-17-6-1-2-7-17)14-8-10-25(11-9-14)31(27,28)18-12-16(13-30-18)19-23-21(29-24-19)15-4-3-5-15/h12-15,17H,1-11H2,(H,22,26). The van der Waals surface area contributed by atoms with E-state index in [1.54, 1.807) is 11.4 Å². The van der Waals surface area contributed by atoms with Crippen LogP contribution in [0.3, 0.4) is 0 Å². The van der Waals surface area contributed by atoms with Crippen LogP contribution >= 0.6 is 11.3 Å². The van der Waals surface area contributed by atoms with Gasteiger partial charge in [0.15, 0.2) is 0 Å². The molecule has 0 aromatic carbocycles. The molecule has 0 atom stereocenters. The van der Waals surface area contributed by atoms with Crippen LogP contribution in [0.15, 0.2) is 20.2 Å². The number of nitrogens with zero attached hydrogens (tertiary/aromatic N) is 3. The van der Waals surface area contributed by atoms with Crippen molar-refractivity contribution in [3.63, 3.8) is 0 Å². The molecule has 3 aliphatic rings. The third kappa shape index (κ3) is 4.29. The molecule has 2 saturated carbocycles. The van der Waals surface area contributed by atoms with Crippen molar-refractivity contribution in [2.24, 2.45) is 5.92 Å². The van der Waals surface area contributed by atoms with Crippen molar-refractivity contribution >= 4 is 27.3 Å². The summed E-state index contributed by atoms with van der Waals surface area (Å²) in [6.07, 6.45) is 8.91. The van der Waals surface area contributed by atoms with Gasteiger partial charge < -0.3 is 9.84 Å². The lowest BCUT2D eigenvalue weighted by atomic mass is 9.85. The molecule has 31 heavy (non-hydrogen) atoms. The third-order valence-electron chi connectivity index (χ3n) is 6.85. The normalized spacial score (nSPS) is 21.9. The zero-order valence-corrected chi connectivity index (χ0v) is 19.1. The molecule has 1 saturated heterocycles. The molecule has 2 aliphatic carbocycles. The summed E-state index contributed by atoms with van der Waals surface area (Å²) in [5.74, 6) is 1.42. The van der Waals surface area contributed by atoms with E-state index in [2.05, 4.69) is 15.5 Å². The predicted octanol–water partition coefficient (Wildman–Crippen LogP) is 3.53. The van der Waals surface area contributed by atoms with Gasteiger partial charge in [-0.1, -0.05) is 24.4 Å². The number of nitrogens with one attached hydrogen (secondary N) is 1. The Hall–Kier alpha value is -1.78. The van der Waals surface area contributed by atoms with Crippen LogP contribution in [0.1, 0.15) is 69.6 Å². The molecule has 0 radical (unpaired) electrons. The largest absolute Gasteiger partial charge is 0.353 e. The maximum absolute atomic E-state index is 13.1. The lowest BCUT2D eigenvalue weighted by molar-refractivity contribution is -0.126. The minimum Gasteiger partial charge on any atom is -0.353 e. The van der Waals surface area contributed by atoms with Crippen molar-refractivity contribution in [1.82, 2.24) is 19.8 Å². The maximum atomic E-state index is 13.1. The summed E-state index contributed by atoms with van der Waals surface area (Å²) in [5, 5.41) is 8.95. The van der Waals surface area contributed by atoms with E-state index in [-0.39, 0.29) is 16.0 Å². The molecule has 1 N–H and O–H groups in total. The number of thiophene rings is 1. The van der Waals surface area contributed by atoms with Gasteiger partial charge in [0.1, 0.15) is 4.21 Å². The first-order valence-electron chi connectivity index (χ1n) is 11.2. The summed E-state index contributed by atoms with van der Waals surface area (Å²) in [4.78, 5) is 17.0. The summed E-state index contributed by atoms with van der Waals surface area (Å²) >= 11 is 1.18. The molecule has 1 aliphatic heterocycles. The van der Waals surface area contributed by atoms with Crippen LogP contribution in [0.2, 0.25) is 0 Å². The fraction of sp³-hybridized carbons (Fsp3) is 0.667. The van der Waals surface area contributed by atoms with Gasteiger partial charge in [-0.25, -0.2) is 8.42 Å². The van der Waals surface area contributed by atoms with Gasteiger partial charge >= 0.3 is 0 Å². The zero-order chi connectivity index (χ0) is 21.4. The Bertz CT molecular complexity index is 1030. The number of hydrogen-bond acceptors (Lipinski definition) is 7. The molecule has 3 fully saturated rings. The van der Waals surface area contributed by atoms with Crippen molar-refractivity contribution in [1.29, 1.82) is 0 Å². The molecular formula is C21H28N4O4S2. The molecule has 3 heterocycles. The highest BCUT2D eigenvalue weighted by molar-refractivity contribution is 7.91. The van der Waals surface area contributed by atoms with Crippen LogP contribution in [0.4, 0.5) is 0 Å². The average Bonchev–Trinajstić information content (AvgIpc) is 3.48. The first-order valence-corrected chi connectivity index (χ1v) is 13.6. The molecule has 10 heteroatoms. The molecule has 5 rings (SSSR count). The topological polar surface area (TPSA) is 105 Å². The Morgan fingerprint density at radius 3 is 2.52 bits per heavy atom. The summed E-state index contributed by atoms with van der Waals surface area (Å²) in [6, 6.07) is 1.93. The van der Waals surface area contributed by atoms with Crippen LogP contribution < -0.4 is 5.32 Å². The number of amides is 1. The summed E-state index contributed by atoms with van der Waals surface area (Å²) in [6.45, 7) is 0.735. The van der Waals surface area contributed by atoms with E-state index in [1.165, 1.54) is 34.9 Å². The molecular weight excluding hydrogens is 436 g/mol. The lowest BCUT2D eigenvalue weighted by Crippen LogP contribution is -2.44. The number of sulfonamides is 1. The third-order valence-corrected chi connectivity index (χ3v) is 10.2. The van der Waals surface area contributed by atoms with E-state index >= 15 is 0 Å². The van der Waals surface area contributed by atoms with E-state index in [1.807, 2.05) is 0 Å². The smallest absolute Gasteiger partial charge is 0.252 e. The number of piperidine rings is 1. The molecule has 2 aromatic rings. The highest BCUT2D eigenvalue weighted by Crippen LogP contribution is 2.37. The van der Waals surface area contributed by atoms with Crippen LogP contribution in [-0.4, -0.2) is 47.9 Å².